The summed E-state index contributed by atoms with van der Waals surface area (Å²) in [7, 11) is 0. The fraction of sp³-hybridized carbons (Fsp3) is 0. The number of nitrogens with zero attached hydrogens (tertiary/aromatic N) is 3. The molecule has 2 aromatic rings. The highest BCUT2D eigenvalue weighted by Crippen LogP contribution is 2.19. The Labute approximate surface area is 92.7 Å². The van der Waals surface area contributed by atoms with E-state index < -0.39 is 5.82 Å². The van der Waals surface area contributed by atoms with Gasteiger partial charge in [0.2, 0.25) is 0 Å². The third-order valence-corrected chi connectivity index (χ3v) is 2.26. The fourth-order valence-electron chi connectivity index (χ4n) is 0.996. The van der Waals surface area contributed by atoms with Crippen LogP contribution >= 0.6 is 27.5 Å². The fourth-order valence-corrected chi connectivity index (χ4v) is 1.52. The van der Waals surface area contributed by atoms with Crippen molar-refractivity contribution in [2.24, 2.45) is 0 Å². The van der Waals surface area contributed by atoms with Crippen LogP contribution in [-0.4, -0.2) is 14.8 Å². The summed E-state index contributed by atoms with van der Waals surface area (Å²) in [6.45, 7) is 0. The van der Waals surface area contributed by atoms with E-state index in [1.165, 1.54) is 10.7 Å². The van der Waals surface area contributed by atoms with Gasteiger partial charge in [0, 0.05) is 6.20 Å². The normalized spacial score (nSPS) is 10.5. The van der Waals surface area contributed by atoms with Crippen molar-refractivity contribution in [1.29, 1.82) is 0 Å². The van der Waals surface area contributed by atoms with E-state index in [9.17, 15) is 4.39 Å². The average Bonchev–Trinajstić information content (AvgIpc) is 2.51. The van der Waals surface area contributed by atoms with Gasteiger partial charge in [-0.2, -0.15) is 5.10 Å². The van der Waals surface area contributed by atoms with Gasteiger partial charge in [0.05, 0.1) is 11.2 Å². The number of hydrogen-bond donors (Lipinski definition) is 0. The summed E-state index contributed by atoms with van der Waals surface area (Å²) < 4.78 is 14.8. The van der Waals surface area contributed by atoms with Gasteiger partial charge in [-0.15, -0.1) is 0 Å². The Hall–Kier alpha value is -0.940. The lowest BCUT2D eigenvalue weighted by Crippen LogP contribution is -1.99. The molecule has 0 amide bonds. The number of rotatable bonds is 1. The molecule has 0 fully saturated rings. The van der Waals surface area contributed by atoms with Crippen molar-refractivity contribution >= 4 is 27.5 Å². The molecule has 0 aliphatic rings. The van der Waals surface area contributed by atoms with Gasteiger partial charge in [0.25, 0.3) is 0 Å². The Morgan fingerprint density at radius 2 is 2.29 bits per heavy atom. The summed E-state index contributed by atoms with van der Waals surface area (Å²) >= 11 is 8.99. The number of hydrogen-bond acceptors (Lipinski definition) is 2. The van der Waals surface area contributed by atoms with Crippen LogP contribution in [0.25, 0.3) is 5.82 Å². The molecule has 2 aromatic heterocycles. The second kappa shape index (κ2) is 3.67. The summed E-state index contributed by atoms with van der Waals surface area (Å²) in [6, 6.07) is 2.93. The molecule has 0 radical (unpaired) electrons. The van der Waals surface area contributed by atoms with E-state index in [0.29, 0.717) is 10.4 Å². The standard InChI is InChI=1S/C8H4BrClFN3/c9-7-1-2-14(13-7)8-6(10)3-5(11)4-12-8/h1-4H. The summed E-state index contributed by atoms with van der Waals surface area (Å²) in [5, 5.41) is 4.26. The lowest BCUT2D eigenvalue weighted by atomic mass is 10.4. The van der Waals surface area contributed by atoms with Crippen molar-refractivity contribution in [2.75, 3.05) is 0 Å². The molecule has 0 saturated carbocycles. The minimum absolute atomic E-state index is 0.223. The van der Waals surface area contributed by atoms with Crippen LogP contribution in [0.1, 0.15) is 0 Å². The molecule has 0 aliphatic carbocycles. The van der Waals surface area contributed by atoms with E-state index in [2.05, 4.69) is 26.0 Å². The summed E-state index contributed by atoms with van der Waals surface area (Å²) in [6.07, 6.45) is 2.77. The molecule has 72 valence electrons. The Balaban J connectivity index is 2.52. The Kier molecular flexibility index (Phi) is 2.52. The van der Waals surface area contributed by atoms with Crippen LogP contribution in [-0.2, 0) is 0 Å². The van der Waals surface area contributed by atoms with Gasteiger partial charge in [0.15, 0.2) is 5.82 Å². The SMILES string of the molecule is Fc1cnc(-n2ccc(Br)n2)c(Cl)c1. The van der Waals surface area contributed by atoms with Crippen molar-refractivity contribution in [3.05, 3.63) is 40.0 Å². The van der Waals surface area contributed by atoms with Gasteiger partial charge in [-0.25, -0.2) is 14.1 Å². The maximum atomic E-state index is 12.7. The smallest absolute Gasteiger partial charge is 0.172 e. The molecular formula is C8H4BrClFN3. The third kappa shape index (κ3) is 1.78. The molecular weight excluding hydrogens is 272 g/mol. The quantitative estimate of drug-likeness (QED) is 0.802. The minimum Gasteiger partial charge on any atom is -0.233 e. The molecule has 14 heavy (non-hydrogen) atoms. The monoisotopic (exact) mass is 275 g/mol. The van der Waals surface area contributed by atoms with E-state index in [-0.39, 0.29) is 5.02 Å². The zero-order valence-electron chi connectivity index (χ0n) is 6.78. The van der Waals surface area contributed by atoms with Crippen molar-refractivity contribution < 1.29 is 4.39 Å². The van der Waals surface area contributed by atoms with Crippen LogP contribution in [0.5, 0.6) is 0 Å². The highest BCUT2D eigenvalue weighted by atomic mass is 79.9. The van der Waals surface area contributed by atoms with Gasteiger partial charge in [-0.3, -0.25) is 0 Å². The summed E-state index contributed by atoms with van der Waals surface area (Å²) in [5.74, 6) is -0.0660. The molecule has 0 saturated heterocycles. The van der Waals surface area contributed by atoms with E-state index in [0.717, 1.165) is 6.20 Å². The molecule has 3 nitrogen and oxygen atoms in total. The van der Waals surface area contributed by atoms with Crippen LogP contribution < -0.4 is 0 Å². The maximum Gasteiger partial charge on any atom is 0.172 e. The van der Waals surface area contributed by atoms with Crippen LogP contribution in [0.4, 0.5) is 4.39 Å². The second-order valence-corrected chi connectivity index (χ2v) is 3.76. The van der Waals surface area contributed by atoms with Gasteiger partial charge < -0.3 is 0 Å². The van der Waals surface area contributed by atoms with Gasteiger partial charge in [-0.1, -0.05) is 11.6 Å². The van der Waals surface area contributed by atoms with Crippen LogP contribution in [0, 0.1) is 5.82 Å². The Bertz CT molecular complexity index is 471. The van der Waals surface area contributed by atoms with Crippen molar-refractivity contribution in [3.63, 3.8) is 0 Å². The first kappa shape index (κ1) is 9.61. The molecule has 0 atom stereocenters. The van der Waals surface area contributed by atoms with E-state index >= 15 is 0 Å². The predicted octanol–water partition coefficient (Wildman–Crippen LogP) is 2.82. The zero-order chi connectivity index (χ0) is 10.1. The molecule has 0 aliphatic heterocycles. The molecule has 0 bridgehead atoms. The molecule has 0 N–H and O–H groups in total. The molecule has 6 heteroatoms. The lowest BCUT2D eigenvalue weighted by Gasteiger charge is -2.01. The molecule has 2 heterocycles. The molecule has 0 aromatic carbocycles. The van der Waals surface area contributed by atoms with Crippen LogP contribution in [0.15, 0.2) is 29.1 Å². The minimum atomic E-state index is -0.468. The summed E-state index contributed by atoms with van der Waals surface area (Å²) in [4.78, 5) is 3.83. The van der Waals surface area contributed by atoms with Crippen molar-refractivity contribution in [2.45, 2.75) is 0 Å². The predicted molar refractivity (Wildman–Crippen MR) is 54.0 cm³/mol. The van der Waals surface area contributed by atoms with E-state index in [4.69, 9.17) is 11.6 Å². The topological polar surface area (TPSA) is 30.7 Å². The van der Waals surface area contributed by atoms with Crippen molar-refractivity contribution in [1.82, 2.24) is 14.8 Å². The van der Waals surface area contributed by atoms with E-state index in [1.807, 2.05) is 0 Å². The first-order valence-corrected chi connectivity index (χ1v) is 4.86. The number of pyridine rings is 1. The highest BCUT2D eigenvalue weighted by molar-refractivity contribution is 9.10. The zero-order valence-corrected chi connectivity index (χ0v) is 9.13. The number of aromatic nitrogens is 3. The Morgan fingerprint density at radius 3 is 2.86 bits per heavy atom. The first-order chi connectivity index (χ1) is 6.66. The largest absolute Gasteiger partial charge is 0.233 e. The van der Waals surface area contributed by atoms with Gasteiger partial charge >= 0.3 is 0 Å². The number of halogens is 3. The first-order valence-electron chi connectivity index (χ1n) is 3.69. The van der Waals surface area contributed by atoms with Crippen LogP contribution in [0.3, 0.4) is 0 Å². The lowest BCUT2D eigenvalue weighted by molar-refractivity contribution is 0.619. The molecule has 2 rings (SSSR count). The van der Waals surface area contributed by atoms with Crippen molar-refractivity contribution in [3.8, 4) is 5.82 Å². The van der Waals surface area contributed by atoms with Gasteiger partial charge in [-0.05, 0) is 28.1 Å². The highest BCUT2D eigenvalue weighted by Gasteiger charge is 2.06. The Morgan fingerprint density at radius 1 is 1.50 bits per heavy atom. The average molecular weight is 276 g/mol. The molecule has 0 spiro atoms. The van der Waals surface area contributed by atoms with Crippen LogP contribution in [0.2, 0.25) is 5.02 Å². The molecule has 0 unspecified atom stereocenters. The third-order valence-electron chi connectivity index (χ3n) is 1.56. The summed E-state index contributed by atoms with van der Waals surface area (Å²) in [5.41, 5.74) is 0. The second-order valence-electron chi connectivity index (χ2n) is 2.54. The van der Waals surface area contributed by atoms with E-state index in [1.54, 1.807) is 12.3 Å². The van der Waals surface area contributed by atoms with Gasteiger partial charge in [0.1, 0.15) is 10.4 Å². The maximum absolute atomic E-state index is 12.7.